The average molecular weight is 292 g/mol. The second-order valence-corrected chi connectivity index (χ2v) is 4.82. The smallest absolute Gasteiger partial charge is 0.137 e. The van der Waals surface area contributed by atoms with Gasteiger partial charge in [0.1, 0.15) is 5.75 Å². The lowest BCUT2D eigenvalue weighted by atomic mass is 10.0. The highest BCUT2D eigenvalue weighted by Crippen LogP contribution is 2.29. The average Bonchev–Trinajstić information content (AvgIpc) is 2.50. The third-order valence-corrected chi connectivity index (χ3v) is 3.30. The molecule has 1 atom stereocenters. The van der Waals surface area contributed by atoms with E-state index in [0.717, 1.165) is 24.2 Å². The maximum absolute atomic E-state index is 6.08. The highest BCUT2D eigenvalue weighted by atomic mass is 35.5. The molecule has 1 unspecified atom stereocenters. The summed E-state index contributed by atoms with van der Waals surface area (Å²) in [5.74, 6) is 0.663. The molecule has 1 aromatic carbocycles. The van der Waals surface area contributed by atoms with E-state index < -0.39 is 0 Å². The van der Waals surface area contributed by atoms with Gasteiger partial charge in [-0.15, -0.1) is 0 Å². The molecule has 0 aliphatic heterocycles. The van der Waals surface area contributed by atoms with Crippen molar-refractivity contribution in [1.29, 1.82) is 0 Å². The first-order valence-corrected chi connectivity index (χ1v) is 6.96. The molecule has 0 saturated heterocycles. The lowest BCUT2D eigenvalue weighted by Crippen LogP contribution is -2.24. The maximum Gasteiger partial charge on any atom is 0.137 e. The number of rotatable bonds is 6. The Balaban J connectivity index is 2.36. The van der Waals surface area contributed by atoms with Crippen LogP contribution in [0.15, 0.2) is 36.8 Å². The lowest BCUT2D eigenvalue weighted by molar-refractivity contribution is 0.413. The zero-order chi connectivity index (χ0) is 14.4. The van der Waals surface area contributed by atoms with E-state index in [0.29, 0.717) is 10.8 Å². The Kier molecular flexibility index (Phi) is 5.32. The maximum atomic E-state index is 6.08. The van der Waals surface area contributed by atoms with E-state index in [1.807, 2.05) is 18.2 Å². The predicted molar refractivity (Wildman–Crippen MR) is 80.2 cm³/mol. The highest BCUT2D eigenvalue weighted by molar-refractivity contribution is 6.32. The number of halogens is 1. The van der Waals surface area contributed by atoms with E-state index in [1.54, 1.807) is 25.7 Å². The van der Waals surface area contributed by atoms with Crippen LogP contribution in [0.4, 0.5) is 0 Å². The number of ether oxygens (including phenoxy) is 1. The number of hydrogen-bond donors (Lipinski definition) is 1. The first-order valence-electron chi connectivity index (χ1n) is 6.59. The Morgan fingerprint density at radius 2 is 2.20 bits per heavy atom. The SMILES string of the molecule is CCCNC(c1ccc(Cl)c(OC)c1)c1cnccn1. The molecular formula is C15H18ClN3O. The summed E-state index contributed by atoms with van der Waals surface area (Å²) in [5, 5.41) is 4.07. The van der Waals surface area contributed by atoms with Crippen molar-refractivity contribution in [2.75, 3.05) is 13.7 Å². The zero-order valence-electron chi connectivity index (χ0n) is 11.6. The number of hydrogen-bond acceptors (Lipinski definition) is 4. The highest BCUT2D eigenvalue weighted by Gasteiger charge is 2.16. The van der Waals surface area contributed by atoms with Gasteiger partial charge in [0, 0.05) is 12.4 Å². The van der Waals surface area contributed by atoms with Gasteiger partial charge in [-0.05, 0) is 30.7 Å². The van der Waals surface area contributed by atoms with E-state index >= 15 is 0 Å². The van der Waals surface area contributed by atoms with Crippen LogP contribution in [0.25, 0.3) is 0 Å². The van der Waals surface area contributed by atoms with Crippen molar-refractivity contribution in [3.8, 4) is 5.75 Å². The van der Waals surface area contributed by atoms with E-state index in [1.165, 1.54) is 0 Å². The molecule has 0 saturated carbocycles. The second kappa shape index (κ2) is 7.22. The molecule has 2 aromatic rings. The topological polar surface area (TPSA) is 47.0 Å². The number of methoxy groups -OCH3 is 1. The third-order valence-electron chi connectivity index (χ3n) is 2.99. The monoisotopic (exact) mass is 291 g/mol. The van der Waals surface area contributed by atoms with Crippen LogP contribution < -0.4 is 10.1 Å². The summed E-state index contributed by atoms with van der Waals surface area (Å²) in [7, 11) is 1.61. The predicted octanol–water partition coefficient (Wildman–Crippen LogP) is 3.23. The van der Waals surface area contributed by atoms with Crippen molar-refractivity contribution in [2.24, 2.45) is 0 Å². The van der Waals surface area contributed by atoms with Gasteiger partial charge < -0.3 is 10.1 Å². The molecule has 5 heteroatoms. The summed E-state index contributed by atoms with van der Waals surface area (Å²) in [6.45, 7) is 3.02. The number of nitrogens with one attached hydrogen (secondary N) is 1. The molecule has 20 heavy (non-hydrogen) atoms. The second-order valence-electron chi connectivity index (χ2n) is 4.41. The minimum absolute atomic E-state index is 0.0187. The molecule has 0 radical (unpaired) electrons. The summed E-state index contributed by atoms with van der Waals surface area (Å²) in [5.41, 5.74) is 1.94. The van der Waals surface area contributed by atoms with Crippen LogP contribution in [0.1, 0.15) is 30.6 Å². The van der Waals surface area contributed by atoms with Gasteiger partial charge in [-0.2, -0.15) is 0 Å². The van der Waals surface area contributed by atoms with E-state index in [4.69, 9.17) is 16.3 Å². The van der Waals surface area contributed by atoms with Gasteiger partial charge in [0.05, 0.1) is 30.1 Å². The van der Waals surface area contributed by atoms with E-state index in [2.05, 4.69) is 22.2 Å². The minimum Gasteiger partial charge on any atom is -0.495 e. The van der Waals surface area contributed by atoms with Gasteiger partial charge in [0.2, 0.25) is 0 Å². The fraction of sp³-hybridized carbons (Fsp3) is 0.333. The van der Waals surface area contributed by atoms with Crippen molar-refractivity contribution in [3.63, 3.8) is 0 Å². The van der Waals surface area contributed by atoms with Gasteiger partial charge in [0.15, 0.2) is 0 Å². The van der Waals surface area contributed by atoms with Crippen LogP contribution in [0, 0.1) is 0 Å². The van der Waals surface area contributed by atoms with Crippen molar-refractivity contribution >= 4 is 11.6 Å². The van der Waals surface area contributed by atoms with Crippen molar-refractivity contribution in [3.05, 3.63) is 53.1 Å². The van der Waals surface area contributed by atoms with Gasteiger partial charge in [-0.25, -0.2) is 0 Å². The Hall–Kier alpha value is -1.65. The standard InChI is InChI=1S/C15H18ClN3O/c1-3-6-19-15(13-10-17-7-8-18-13)11-4-5-12(16)14(9-11)20-2/h4-5,7-10,15,19H,3,6H2,1-2H3. The molecule has 4 nitrogen and oxygen atoms in total. The van der Waals surface area contributed by atoms with E-state index in [-0.39, 0.29) is 6.04 Å². The molecule has 0 spiro atoms. The molecule has 2 rings (SSSR count). The Bertz CT molecular complexity index is 548. The quantitative estimate of drug-likeness (QED) is 0.888. The molecule has 0 fully saturated rings. The van der Waals surface area contributed by atoms with Crippen molar-refractivity contribution < 1.29 is 4.74 Å². The number of aromatic nitrogens is 2. The summed E-state index contributed by atoms with van der Waals surface area (Å²) in [4.78, 5) is 8.53. The van der Waals surface area contributed by atoms with Gasteiger partial charge in [0.25, 0.3) is 0 Å². The van der Waals surface area contributed by atoms with Crippen LogP contribution in [0.5, 0.6) is 5.75 Å². The number of benzene rings is 1. The summed E-state index contributed by atoms with van der Waals surface area (Å²) in [6.07, 6.45) is 6.18. The Labute approximate surface area is 124 Å². The molecule has 0 aliphatic carbocycles. The molecular weight excluding hydrogens is 274 g/mol. The summed E-state index contributed by atoms with van der Waals surface area (Å²) >= 11 is 6.08. The van der Waals surface area contributed by atoms with Crippen LogP contribution >= 0.6 is 11.6 Å². The van der Waals surface area contributed by atoms with Gasteiger partial charge in [-0.3, -0.25) is 9.97 Å². The van der Waals surface area contributed by atoms with Gasteiger partial charge in [-0.1, -0.05) is 24.6 Å². The van der Waals surface area contributed by atoms with Crippen LogP contribution in [0.3, 0.4) is 0 Å². The number of nitrogens with zero attached hydrogens (tertiary/aromatic N) is 2. The molecule has 1 heterocycles. The molecule has 106 valence electrons. The molecule has 0 aliphatic rings. The minimum atomic E-state index is -0.0187. The van der Waals surface area contributed by atoms with Crippen LogP contribution in [-0.4, -0.2) is 23.6 Å². The first kappa shape index (κ1) is 14.8. The fourth-order valence-corrected chi connectivity index (χ4v) is 2.19. The fourth-order valence-electron chi connectivity index (χ4n) is 2.00. The normalized spacial score (nSPS) is 12.2. The molecule has 0 bridgehead atoms. The van der Waals surface area contributed by atoms with Gasteiger partial charge >= 0.3 is 0 Å². The molecule has 1 aromatic heterocycles. The first-order chi connectivity index (χ1) is 9.76. The molecule has 0 amide bonds. The van der Waals surface area contributed by atoms with Crippen molar-refractivity contribution in [2.45, 2.75) is 19.4 Å². The summed E-state index contributed by atoms with van der Waals surface area (Å²) < 4.78 is 5.28. The van der Waals surface area contributed by atoms with Crippen molar-refractivity contribution in [1.82, 2.24) is 15.3 Å². The third kappa shape index (κ3) is 3.46. The Morgan fingerprint density at radius 1 is 1.35 bits per heavy atom. The van der Waals surface area contributed by atoms with Crippen LogP contribution in [-0.2, 0) is 0 Å². The Morgan fingerprint density at radius 3 is 2.85 bits per heavy atom. The van der Waals surface area contributed by atoms with Crippen LogP contribution in [0.2, 0.25) is 5.02 Å². The lowest BCUT2D eigenvalue weighted by Gasteiger charge is -2.19. The molecule has 1 N–H and O–H groups in total. The van der Waals surface area contributed by atoms with E-state index in [9.17, 15) is 0 Å². The summed E-state index contributed by atoms with van der Waals surface area (Å²) in [6, 6.07) is 5.74. The largest absolute Gasteiger partial charge is 0.495 e. The zero-order valence-corrected chi connectivity index (χ0v) is 12.4.